The van der Waals surface area contributed by atoms with Crippen molar-refractivity contribution in [2.45, 2.75) is 39.4 Å². The first kappa shape index (κ1) is 40.1. The van der Waals surface area contributed by atoms with Crippen LogP contribution < -0.4 is 14.5 Å². The molecule has 6 rings (SSSR count). The van der Waals surface area contributed by atoms with E-state index in [1.165, 1.54) is 11.3 Å². The Hall–Kier alpha value is -5.61. The molecule has 0 spiro atoms. The molecule has 1 unspecified atom stereocenters. The van der Waals surface area contributed by atoms with Gasteiger partial charge in [-0.25, -0.2) is 0 Å². The van der Waals surface area contributed by atoms with Crippen LogP contribution >= 0.6 is 0 Å². The second kappa shape index (κ2) is 19.3. The smallest absolute Gasteiger partial charge is 0.247 e. The molecule has 10 heteroatoms. The minimum atomic E-state index is -0.709. The van der Waals surface area contributed by atoms with Crippen LogP contribution in [0.1, 0.15) is 36.1 Å². The third kappa shape index (κ3) is 10.8. The average molecular weight is 757 g/mol. The molecule has 3 amide bonds. The van der Waals surface area contributed by atoms with Crippen molar-refractivity contribution < 1.29 is 19.1 Å². The molecule has 294 valence electrons. The van der Waals surface area contributed by atoms with Crippen LogP contribution in [0.25, 0.3) is 6.08 Å². The van der Waals surface area contributed by atoms with E-state index in [1.54, 1.807) is 17.9 Å². The van der Waals surface area contributed by atoms with Gasteiger partial charge in [-0.1, -0.05) is 66.7 Å². The van der Waals surface area contributed by atoms with Crippen molar-refractivity contribution in [1.29, 1.82) is 0 Å². The maximum Gasteiger partial charge on any atom is 0.247 e. The molecular weight excluding hydrogens is 701 g/mol. The predicted molar refractivity (Wildman–Crippen MR) is 225 cm³/mol. The van der Waals surface area contributed by atoms with E-state index in [2.05, 4.69) is 63.2 Å². The highest BCUT2D eigenvalue weighted by Crippen LogP contribution is 2.23. The Bertz CT molecular complexity index is 1900. The molecule has 0 bridgehead atoms. The Morgan fingerprint density at radius 2 is 1.34 bits per heavy atom. The molecule has 0 aromatic heterocycles. The van der Waals surface area contributed by atoms with Crippen molar-refractivity contribution in [3.8, 4) is 5.75 Å². The van der Waals surface area contributed by atoms with Gasteiger partial charge in [-0.2, -0.15) is 0 Å². The number of carbonyl (C=O) groups is 3. The minimum absolute atomic E-state index is 0.0355. The third-order valence-electron chi connectivity index (χ3n) is 10.7. The number of ether oxygens (including phenoxy) is 1. The van der Waals surface area contributed by atoms with E-state index >= 15 is 0 Å². The number of hydrogen-bond acceptors (Lipinski definition) is 7. The van der Waals surface area contributed by atoms with Crippen molar-refractivity contribution in [3.63, 3.8) is 0 Å². The van der Waals surface area contributed by atoms with Crippen LogP contribution in [0, 0.1) is 0 Å². The highest BCUT2D eigenvalue weighted by Gasteiger charge is 2.34. The fourth-order valence-electron chi connectivity index (χ4n) is 7.40. The third-order valence-corrected chi connectivity index (χ3v) is 10.7. The molecule has 0 N–H and O–H groups in total. The molecule has 2 aliphatic rings. The van der Waals surface area contributed by atoms with Gasteiger partial charge in [-0.05, 0) is 71.7 Å². The Labute approximate surface area is 332 Å². The molecule has 0 aliphatic carbocycles. The van der Waals surface area contributed by atoms with Crippen molar-refractivity contribution in [2.24, 2.45) is 0 Å². The summed E-state index contributed by atoms with van der Waals surface area (Å²) in [4.78, 5) is 53.4. The fourth-order valence-corrected chi connectivity index (χ4v) is 7.40. The maximum atomic E-state index is 14.7. The summed E-state index contributed by atoms with van der Waals surface area (Å²) in [6, 6.07) is 33.8. The first-order valence-corrected chi connectivity index (χ1v) is 19.8. The van der Waals surface area contributed by atoms with Crippen LogP contribution in [0.2, 0.25) is 0 Å². The second-order valence-electron chi connectivity index (χ2n) is 14.8. The van der Waals surface area contributed by atoms with Gasteiger partial charge in [0.05, 0.1) is 6.61 Å². The van der Waals surface area contributed by atoms with Crippen LogP contribution in [0.4, 0.5) is 11.4 Å². The normalized spacial score (nSPS) is 15.5. The number of carbonyl (C=O) groups excluding carboxylic acids is 3. The summed E-state index contributed by atoms with van der Waals surface area (Å²) in [7, 11) is 4.08. The van der Waals surface area contributed by atoms with E-state index in [4.69, 9.17) is 4.74 Å². The van der Waals surface area contributed by atoms with E-state index in [0.717, 1.165) is 60.9 Å². The number of nitrogens with zero attached hydrogens (tertiary/aromatic N) is 6. The zero-order chi connectivity index (χ0) is 39.4. The van der Waals surface area contributed by atoms with Crippen LogP contribution in [-0.2, 0) is 33.9 Å². The Kier molecular flexibility index (Phi) is 13.8. The molecule has 2 aliphatic heterocycles. The van der Waals surface area contributed by atoms with Gasteiger partial charge in [0.1, 0.15) is 11.8 Å². The molecule has 0 saturated carbocycles. The Morgan fingerprint density at radius 3 is 1.95 bits per heavy atom. The first-order chi connectivity index (χ1) is 27.2. The molecule has 2 fully saturated rings. The highest BCUT2D eigenvalue weighted by atomic mass is 16.5. The van der Waals surface area contributed by atoms with Crippen molar-refractivity contribution >= 4 is 35.2 Å². The van der Waals surface area contributed by atoms with Gasteiger partial charge in [0, 0.05) is 110 Å². The molecule has 56 heavy (non-hydrogen) atoms. The number of hydrogen-bond donors (Lipinski definition) is 0. The molecule has 2 heterocycles. The largest absolute Gasteiger partial charge is 0.494 e. The van der Waals surface area contributed by atoms with Gasteiger partial charge < -0.3 is 29.2 Å². The SMILES string of the molecule is CCOc1ccc(C=CC(=O)N(Cc2ccc(N3CCN(C(C)=O)CC3)cc2)C(Cc2ccccc2)C(=O)N2CCN(Cc3ccc(N(C)C)cc3)CC2)cc1. The average Bonchev–Trinajstić information content (AvgIpc) is 3.22. The molecule has 4 aromatic rings. The zero-order valence-corrected chi connectivity index (χ0v) is 33.3. The Morgan fingerprint density at radius 1 is 0.714 bits per heavy atom. The number of piperazine rings is 2. The van der Waals surface area contributed by atoms with Crippen molar-refractivity contribution in [2.75, 3.05) is 82.9 Å². The molecular formula is C46H56N6O4. The number of benzene rings is 4. The first-order valence-electron chi connectivity index (χ1n) is 19.8. The minimum Gasteiger partial charge on any atom is -0.494 e. The summed E-state index contributed by atoms with van der Waals surface area (Å²) in [5.74, 6) is 0.621. The van der Waals surface area contributed by atoms with E-state index < -0.39 is 6.04 Å². The summed E-state index contributed by atoms with van der Waals surface area (Å²) in [5, 5.41) is 0. The maximum absolute atomic E-state index is 14.7. The summed E-state index contributed by atoms with van der Waals surface area (Å²) < 4.78 is 5.61. The monoisotopic (exact) mass is 756 g/mol. The van der Waals surface area contributed by atoms with Crippen molar-refractivity contribution in [1.82, 2.24) is 19.6 Å². The lowest BCUT2D eigenvalue weighted by atomic mass is 10.0. The lowest BCUT2D eigenvalue weighted by Gasteiger charge is -2.39. The van der Waals surface area contributed by atoms with E-state index in [-0.39, 0.29) is 24.3 Å². The van der Waals surface area contributed by atoms with Gasteiger partial charge in [-0.15, -0.1) is 0 Å². The van der Waals surface area contributed by atoms with Crippen LogP contribution in [-0.4, -0.2) is 116 Å². The second-order valence-corrected chi connectivity index (χ2v) is 14.8. The van der Waals surface area contributed by atoms with Crippen molar-refractivity contribution in [3.05, 3.63) is 131 Å². The fraction of sp³-hybridized carbons (Fsp3) is 0.370. The van der Waals surface area contributed by atoms with Gasteiger partial charge in [-0.3, -0.25) is 19.3 Å². The topological polar surface area (TPSA) is 79.9 Å². The quantitative estimate of drug-likeness (QED) is 0.150. The lowest BCUT2D eigenvalue weighted by Crippen LogP contribution is -2.56. The molecule has 4 aromatic carbocycles. The van der Waals surface area contributed by atoms with Crippen LogP contribution in [0.3, 0.4) is 0 Å². The molecule has 2 saturated heterocycles. The molecule has 1 atom stereocenters. The highest BCUT2D eigenvalue weighted by molar-refractivity contribution is 5.96. The molecule has 10 nitrogen and oxygen atoms in total. The number of rotatable bonds is 14. The number of amides is 3. The van der Waals surface area contributed by atoms with Gasteiger partial charge in [0.25, 0.3) is 0 Å². The number of anilines is 2. The van der Waals surface area contributed by atoms with Crippen LogP contribution in [0.5, 0.6) is 5.75 Å². The summed E-state index contributed by atoms with van der Waals surface area (Å²) in [6.45, 7) is 10.9. The van der Waals surface area contributed by atoms with Crippen LogP contribution in [0.15, 0.2) is 109 Å². The van der Waals surface area contributed by atoms with E-state index in [0.29, 0.717) is 39.2 Å². The standard InChI is InChI=1S/C46H56N6O4/c1-5-56-43-22-15-37(16-23-43)17-24-45(54)52(35-40-13-20-42(21-14-40)50-31-29-49(30-32-50)36(2)53)44(33-38-9-7-6-8-10-38)46(55)51-27-25-48(26-28-51)34-39-11-18-41(19-12-39)47(3)4/h6-24,44H,5,25-35H2,1-4H3. The summed E-state index contributed by atoms with van der Waals surface area (Å²) >= 11 is 0. The van der Waals surface area contributed by atoms with E-state index in [9.17, 15) is 14.4 Å². The van der Waals surface area contributed by atoms with Gasteiger partial charge >= 0.3 is 0 Å². The predicted octanol–water partition coefficient (Wildman–Crippen LogP) is 5.82. The zero-order valence-electron chi connectivity index (χ0n) is 33.3. The lowest BCUT2D eigenvalue weighted by molar-refractivity contribution is -0.145. The van der Waals surface area contributed by atoms with E-state index in [1.807, 2.05) is 91.5 Å². The van der Waals surface area contributed by atoms with Gasteiger partial charge in [0.15, 0.2) is 0 Å². The Balaban J connectivity index is 1.23. The summed E-state index contributed by atoms with van der Waals surface area (Å²) in [6.07, 6.45) is 3.80. The summed E-state index contributed by atoms with van der Waals surface area (Å²) in [5.41, 5.74) is 6.30. The van der Waals surface area contributed by atoms with Gasteiger partial charge in [0.2, 0.25) is 17.7 Å². The molecule has 0 radical (unpaired) electrons.